The molecule has 1 aliphatic rings. The van der Waals surface area contributed by atoms with Crippen molar-refractivity contribution in [2.45, 2.75) is 40.0 Å². The molecule has 3 aromatic rings. The number of nitrogens with zero attached hydrogens (tertiary/aromatic N) is 2. The standard InChI is InChI=1S/C27H30ClFN4O2/c1-16-10-17(2)15-33(14-16)25-11-18(3)21-12-19(5-7-24(21)32-25)30-26(34)8-9-27(35)31-20-4-6-23(29)22(28)13-20/h4-7,11-13,16-17H,8-10,14-15H2,1-3H3,(H,30,34)(H,31,35). The maximum absolute atomic E-state index is 13.2. The summed E-state index contributed by atoms with van der Waals surface area (Å²) in [6.07, 6.45) is 1.25. The van der Waals surface area contributed by atoms with E-state index in [1.54, 1.807) is 0 Å². The topological polar surface area (TPSA) is 74.3 Å². The molecule has 184 valence electrons. The molecule has 2 unspecified atom stereocenters. The molecular weight excluding hydrogens is 467 g/mol. The zero-order valence-corrected chi connectivity index (χ0v) is 21.0. The smallest absolute Gasteiger partial charge is 0.224 e. The molecule has 1 fully saturated rings. The fourth-order valence-corrected chi connectivity index (χ4v) is 4.89. The van der Waals surface area contributed by atoms with Gasteiger partial charge < -0.3 is 15.5 Å². The summed E-state index contributed by atoms with van der Waals surface area (Å²) in [5, 5.41) is 6.38. The second kappa shape index (κ2) is 10.6. The van der Waals surface area contributed by atoms with Crippen LogP contribution in [0.25, 0.3) is 10.9 Å². The molecule has 2 amide bonds. The lowest BCUT2D eigenvalue weighted by Gasteiger charge is -2.36. The Hall–Kier alpha value is -3.19. The Morgan fingerprint density at radius 2 is 1.60 bits per heavy atom. The summed E-state index contributed by atoms with van der Waals surface area (Å²) in [6, 6.07) is 11.7. The van der Waals surface area contributed by atoms with Gasteiger partial charge in [0, 0.05) is 42.7 Å². The number of anilines is 3. The van der Waals surface area contributed by atoms with Crippen LogP contribution in [-0.2, 0) is 9.59 Å². The number of carbonyl (C=O) groups excluding carboxylic acids is 2. The zero-order chi connectivity index (χ0) is 25.1. The molecule has 6 nitrogen and oxygen atoms in total. The molecule has 35 heavy (non-hydrogen) atoms. The SMILES string of the molecule is Cc1cc(N2CC(C)CC(C)C2)nc2ccc(NC(=O)CCC(=O)Nc3ccc(F)c(Cl)c3)cc12. The quantitative estimate of drug-likeness (QED) is 0.427. The Morgan fingerprint density at radius 1 is 1.00 bits per heavy atom. The maximum Gasteiger partial charge on any atom is 0.224 e. The number of aromatic nitrogens is 1. The van der Waals surface area contributed by atoms with Crippen LogP contribution in [0.2, 0.25) is 5.02 Å². The van der Waals surface area contributed by atoms with E-state index in [0.717, 1.165) is 35.4 Å². The van der Waals surface area contributed by atoms with Crippen molar-refractivity contribution in [3.63, 3.8) is 0 Å². The molecule has 0 bridgehead atoms. The van der Waals surface area contributed by atoms with Gasteiger partial charge in [-0.2, -0.15) is 0 Å². The van der Waals surface area contributed by atoms with Gasteiger partial charge in [0.2, 0.25) is 11.8 Å². The molecule has 2 aromatic carbocycles. The zero-order valence-electron chi connectivity index (χ0n) is 20.2. The molecule has 4 rings (SSSR count). The third-order valence-corrected chi connectivity index (χ3v) is 6.55. The Balaban J connectivity index is 1.37. The van der Waals surface area contributed by atoms with Gasteiger partial charge in [0.1, 0.15) is 11.6 Å². The van der Waals surface area contributed by atoms with Crippen LogP contribution in [0.15, 0.2) is 42.5 Å². The van der Waals surface area contributed by atoms with Crippen molar-refractivity contribution in [3.8, 4) is 0 Å². The van der Waals surface area contributed by atoms with E-state index < -0.39 is 5.82 Å². The number of rotatable bonds is 6. The number of carbonyl (C=O) groups is 2. The number of fused-ring (bicyclic) bond motifs is 1. The van der Waals surface area contributed by atoms with Gasteiger partial charge in [-0.25, -0.2) is 9.37 Å². The van der Waals surface area contributed by atoms with Crippen LogP contribution in [0.1, 0.15) is 38.7 Å². The van der Waals surface area contributed by atoms with E-state index in [1.165, 1.54) is 24.6 Å². The van der Waals surface area contributed by atoms with Gasteiger partial charge in [0.25, 0.3) is 0 Å². The maximum atomic E-state index is 13.2. The summed E-state index contributed by atoms with van der Waals surface area (Å²) in [7, 11) is 0. The second-order valence-corrected chi connectivity index (χ2v) is 10.0. The molecule has 1 saturated heterocycles. The monoisotopic (exact) mass is 496 g/mol. The second-order valence-electron chi connectivity index (χ2n) is 9.61. The third kappa shape index (κ3) is 6.28. The fourth-order valence-electron chi connectivity index (χ4n) is 4.71. The van der Waals surface area contributed by atoms with Crippen molar-refractivity contribution in [1.82, 2.24) is 4.98 Å². The lowest BCUT2D eigenvalue weighted by molar-refractivity contribution is -0.121. The van der Waals surface area contributed by atoms with E-state index in [9.17, 15) is 14.0 Å². The minimum absolute atomic E-state index is 0.00890. The van der Waals surface area contributed by atoms with Gasteiger partial charge in [-0.1, -0.05) is 25.4 Å². The van der Waals surface area contributed by atoms with Crippen LogP contribution in [0.3, 0.4) is 0 Å². The number of benzene rings is 2. The van der Waals surface area contributed by atoms with Crippen LogP contribution >= 0.6 is 11.6 Å². The molecule has 2 atom stereocenters. The number of nitrogens with one attached hydrogen (secondary N) is 2. The average Bonchev–Trinajstić information content (AvgIpc) is 2.80. The largest absolute Gasteiger partial charge is 0.356 e. The van der Waals surface area contributed by atoms with Crippen molar-refractivity contribution in [1.29, 1.82) is 0 Å². The summed E-state index contributed by atoms with van der Waals surface area (Å²) in [5.41, 5.74) is 3.03. The normalized spacial score (nSPS) is 17.9. The number of halogens is 2. The Morgan fingerprint density at radius 3 is 2.23 bits per heavy atom. The van der Waals surface area contributed by atoms with Gasteiger partial charge in [-0.3, -0.25) is 9.59 Å². The number of amides is 2. The third-order valence-electron chi connectivity index (χ3n) is 6.26. The van der Waals surface area contributed by atoms with Gasteiger partial charge >= 0.3 is 0 Å². The molecule has 8 heteroatoms. The van der Waals surface area contributed by atoms with Gasteiger partial charge in [0.05, 0.1) is 10.5 Å². The Bertz CT molecular complexity index is 1260. The molecule has 2 heterocycles. The van der Waals surface area contributed by atoms with E-state index >= 15 is 0 Å². The van der Waals surface area contributed by atoms with E-state index in [2.05, 4.69) is 42.4 Å². The number of hydrogen-bond acceptors (Lipinski definition) is 4. The first-order valence-electron chi connectivity index (χ1n) is 11.9. The lowest BCUT2D eigenvalue weighted by Crippen LogP contribution is -2.39. The van der Waals surface area contributed by atoms with Crippen LogP contribution in [-0.4, -0.2) is 29.9 Å². The van der Waals surface area contributed by atoms with Crippen molar-refractivity contribution in [3.05, 3.63) is 58.9 Å². The lowest BCUT2D eigenvalue weighted by atomic mass is 9.92. The number of piperidine rings is 1. The van der Waals surface area contributed by atoms with E-state index in [0.29, 0.717) is 23.2 Å². The van der Waals surface area contributed by atoms with Crippen LogP contribution < -0.4 is 15.5 Å². The Labute approximate surface area is 209 Å². The predicted octanol–water partition coefficient (Wildman–Crippen LogP) is 6.18. The van der Waals surface area contributed by atoms with Crippen molar-refractivity contribution in [2.75, 3.05) is 28.6 Å². The molecule has 1 aliphatic heterocycles. The highest BCUT2D eigenvalue weighted by atomic mass is 35.5. The van der Waals surface area contributed by atoms with Crippen LogP contribution in [0.4, 0.5) is 21.6 Å². The predicted molar refractivity (Wildman–Crippen MR) is 140 cm³/mol. The first-order valence-corrected chi connectivity index (χ1v) is 12.3. The van der Waals surface area contributed by atoms with Crippen molar-refractivity contribution in [2.24, 2.45) is 11.8 Å². The molecule has 0 saturated carbocycles. The van der Waals surface area contributed by atoms with Crippen molar-refractivity contribution >= 4 is 51.5 Å². The minimum Gasteiger partial charge on any atom is -0.356 e. The summed E-state index contributed by atoms with van der Waals surface area (Å²) in [4.78, 5) is 31.8. The van der Waals surface area contributed by atoms with Gasteiger partial charge in [-0.05, 0) is 73.2 Å². The molecular formula is C27H30ClFN4O2. The summed E-state index contributed by atoms with van der Waals surface area (Å²) < 4.78 is 13.2. The van der Waals surface area contributed by atoms with Crippen LogP contribution in [0, 0.1) is 24.6 Å². The van der Waals surface area contributed by atoms with Gasteiger partial charge in [-0.15, -0.1) is 0 Å². The fraction of sp³-hybridized carbons (Fsp3) is 0.370. The number of pyridine rings is 1. The van der Waals surface area contributed by atoms with Gasteiger partial charge in [0.15, 0.2) is 0 Å². The van der Waals surface area contributed by atoms with E-state index in [4.69, 9.17) is 16.6 Å². The summed E-state index contributed by atoms with van der Waals surface area (Å²) >= 11 is 5.73. The first-order chi connectivity index (χ1) is 16.7. The van der Waals surface area contributed by atoms with E-state index in [1.807, 2.05) is 18.2 Å². The Kier molecular flexibility index (Phi) is 7.55. The molecule has 0 aliphatic carbocycles. The minimum atomic E-state index is -0.559. The number of hydrogen-bond donors (Lipinski definition) is 2. The average molecular weight is 497 g/mol. The first kappa shape index (κ1) is 24.9. The van der Waals surface area contributed by atoms with E-state index in [-0.39, 0.29) is 29.7 Å². The highest BCUT2D eigenvalue weighted by molar-refractivity contribution is 6.31. The highest BCUT2D eigenvalue weighted by Gasteiger charge is 2.23. The molecule has 1 aromatic heterocycles. The molecule has 0 spiro atoms. The number of aryl methyl sites for hydroxylation is 1. The molecule has 0 radical (unpaired) electrons. The summed E-state index contributed by atoms with van der Waals surface area (Å²) in [5.74, 6) is 1.11. The molecule has 2 N–H and O–H groups in total. The highest BCUT2D eigenvalue weighted by Crippen LogP contribution is 2.29. The van der Waals surface area contributed by atoms with Crippen molar-refractivity contribution < 1.29 is 14.0 Å². The summed E-state index contributed by atoms with van der Waals surface area (Å²) in [6.45, 7) is 8.65. The van der Waals surface area contributed by atoms with Crippen LogP contribution in [0.5, 0.6) is 0 Å².